The van der Waals surface area contributed by atoms with Crippen LogP contribution in [0.5, 0.6) is 11.5 Å². The standard InChI is InChI=1S/C19H15Cl3N2O4/c1-24-18(25)15(23-19(24)26)7-11-6-14(22)17(16(8-11)27-2)28-9-10-3-4-12(20)13(21)5-10/h3-8H,9H2,1-2H3,(H,23,26). The number of urea groups is 1. The van der Waals surface area contributed by atoms with E-state index in [1.165, 1.54) is 20.2 Å². The number of ether oxygens (including phenoxy) is 2. The summed E-state index contributed by atoms with van der Waals surface area (Å²) in [7, 11) is 2.87. The van der Waals surface area contributed by atoms with Crippen molar-refractivity contribution in [2.75, 3.05) is 14.2 Å². The van der Waals surface area contributed by atoms with E-state index in [9.17, 15) is 9.59 Å². The molecular weight excluding hydrogens is 427 g/mol. The van der Waals surface area contributed by atoms with Crippen LogP contribution in [0.15, 0.2) is 36.0 Å². The van der Waals surface area contributed by atoms with E-state index in [0.29, 0.717) is 27.1 Å². The van der Waals surface area contributed by atoms with Gasteiger partial charge in [-0.25, -0.2) is 4.79 Å². The van der Waals surface area contributed by atoms with Crippen molar-refractivity contribution >= 4 is 52.8 Å². The zero-order chi connectivity index (χ0) is 20.4. The van der Waals surface area contributed by atoms with E-state index < -0.39 is 11.9 Å². The summed E-state index contributed by atoms with van der Waals surface area (Å²) in [6.45, 7) is 0.201. The first-order valence-corrected chi connectivity index (χ1v) is 9.18. The van der Waals surface area contributed by atoms with Crippen LogP contribution in [0.25, 0.3) is 6.08 Å². The molecule has 3 rings (SSSR count). The Hall–Kier alpha value is -2.41. The van der Waals surface area contributed by atoms with Crippen molar-refractivity contribution in [2.45, 2.75) is 6.61 Å². The SMILES string of the molecule is COc1cc(C=C2NC(=O)N(C)C2=O)cc(Cl)c1OCc1ccc(Cl)c(Cl)c1. The van der Waals surface area contributed by atoms with E-state index in [1.807, 2.05) is 0 Å². The molecule has 1 saturated heterocycles. The minimum absolute atomic E-state index is 0.148. The van der Waals surface area contributed by atoms with E-state index in [-0.39, 0.29) is 17.3 Å². The largest absolute Gasteiger partial charge is 0.493 e. The predicted octanol–water partition coefficient (Wildman–Crippen LogP) is 4.76. The number of nitrogens with one attached hydrogen (secondary N) is 1. The van der Waals surface area contributed by atoms with E-state index in [4.69, 9.17) is 44.3 Å². The van der Waals surface area contributed by atoms with E-state index in [2.05, 4.69) is 5.32 Å². The molecule has 1 fully saturated rings. The molecule has 1 N–H and O–H groups in total. The molecule has 6 nitrogen and oxygen atoms in total. The molecule has 2 aromatic rings. The molecule has 0 bridgehead atoms. The first-order valence-electron chi connectivity index (χ1n) is 8.05. The average Bonchev–Trinajstić information content (AvgIpc) is 2.90. The number of likely N-dealkylation sites (N-methyl/N-ethyl adjacent to an activating group) is 1. The van der Waals surface area contributed by atoms with Gasteiger partial charge >= 0.3 is 6.03 Å². The van der Waals surface area contributed by atoms with Crippen molar-refractivity contribution < 1.29 is 19.1 Å². The molecule has 1 aliphatic rings. The Bertz CT molecular complexity index is 991. The number of benzene rings is 2. The van der Waals surface area contributed by atoms with Gasteiger partial charge in [-0.3, -0.25) is 9.69 Å². The van der Waals surface area contributed by atoms with Gasteiger partial charge in [-0.05, 0) is 41.5 Å². The summed E-state index contributed by atoms with van der Waals surface area (Å²) in [6.07, 6.45) is 1.51. The van der Waals surface area contributed by atoms with E-state index in [0.717, 1.165) is 10.5 Å². The molecule has 28 heavy (non-hydrogen) atoms. The number of rotatable bonds is 5. The first-order chi connectivity index (χ1) is 13.3. The van der Waals surface area contributed by atoms with Crippen LogP contribution in [0.3, 0.4) is 0 Å². The molecule has 2 aromatic carbocycles. The molecule has 0 atom stereocenters. The number of imide groups is 1. The third-order valence-corrected chi connectivity index (χ3v) is 5.03. The number of amides is 3. The summed E-state index contributed by atoms with van der Waals surface area (Å²) in [5.74, 6) is 0.292. The Morgan fingerprint density at radius 2 is 1.82 bits per heavy atom. The maximum atomic E-state index is 12.0. The summed E-state index contributed by atoms with van der Waals surface area (Å²) in [5, 5.41) is 3.66. The van der Waals surface area contributed by atoms with Crippen LogP contribution in [0.2, 0.25) is 15.1 Å². The van der Waals surface area contributed by atoms with E-state index >= 15 is 0 Å². The minimum atomic E-state index is -0.490. The lowest BCUT2D eigenvalue weighted by molar-refractivity contribution is -0.121. The summed E-state index contributed by atoms with van der Waals surface area (Å²) in [4.78, 5) is 24.5. The average molecular weight is 442 g/mol. The van der Waals surface area contributed by atoms with Gasteiger partial charge in [-0.15, -0.1) is 0 Å². The van der Waals surface area contributed by atoms with Gasteiger partial charge in [0.2, 0.25) is 0 Å². The van der Waals surface area contributed by atoms with Gasteiger partial charge in [0.25, 0.3) is 5.91 Å². The van der Waals surface area contributed by atoms with Gasteiger partial charge in [0, 0.05) is 7.05 Å². The molecule has 0 saturated carbocycles. The van der Waals surface area contributed by atoms with Gasteiger partial charge in [-0.1, -0.05) is 40.9 Å². The molecular formula is C19H15Cl3N2O4. The number of nitrogens with zero attached hydrogens (tertiary/aromatic N) is 1. The second-order valence-electron chi connectivity index (χ2n) is 5.92. The Balaban J connectivity index is 1.84. The summed E-state index contributed by atoms with van der Waals surface area (Å²) < 4.78 is 11.2. The number of hydrogen-bond donors (Lipinski definition) is 1. The van der Waals surface area contributed by atoms with Gasteiger partial charge in [0.1, 0.15) is 12.3 Å². The Labute approximate surface area is 176 Å². The van der Waals surface area contributed by atoms with Crippen LogP contribution in [0, 0.1) is 0 Å². The van der Waals surface area contributed by atoms with Gasteiger partial charge in [-0.2, -0.15) is 0 Å². The van der Waals surface area contributed by atoms with Crippen LogP contribution in [-0.2, 0) is 11.4 Å². The molecule has 0 radical (unpaired) electrons. The molecule has 9 heteroatoms. The molecule has 3 amide bonds. The Kier molecular flexibility index (Phi) is 6.03. The zero-order valence-electron chi connectivity index (χ0n) is 14.9. The fourth-order valence-corrected chi connectivity index (χ4v) is 3.13. The second kappa shape index (κ2) is 8.31. The maximum Gasteiger partial charge on any atom is 0.328 e. The lowest BCUT2D eigenvalue weighted by atomic mass is 10.1. The van der Waals surface area contributed by atoms with Crippen LogP contribution < -0.4 is 14.8 Å². The van der Waals surface area contributed by atoms with Crippen LogP contribution in [0.4, 0.5) is 4.79 Å². The van der Waals surface area contributed by atoms with Crippen molar-refractivity contribution in [2.24, 2.45) is 0 Å². The fraction of sp³-hybridized carbons (Fsp3) is 0.158. The van der Waals surface area contributed by atoms with Gasteiger partial charge in [0.05, 0.1) is 22.2 Å². The van der Waals surface area contributed by atoms with Gasteiger partial charge in [0.15, 0.2) is 11.5 Å². The van der Waals surface area contributed by atoms with Crippen molar-refractivity contribution in [3.63, 3.8) is 0 Å². The molecule has 0 spiro atoms. The molecule has 1 heterocycles. The molecule has 146 valence electrons. The number of halogens is 3. The third-order valence-electron chi connectivity index (χ3n) is 4.01. The molecule has 0 aromatic heterocycles. The normalized spacial score (nSPS) is 15.2. The van der Waals surface area contributed by atoms with Crippen LogP contribution in [0.1, 0.15) is 11.1 Å². The monoisotopic (exact) mass is 440 g/mol. The highest BCUT2D eigenvalue weighted by atomic mass is 35.5. The highest BCUT2D eigenvalue weighted by Gasteiger charge is 2.30. The van der Waals surface area contributed by atoms with Crippen molar-refractivity contribution in [3.8, 4) is 11.5 Å². The van der Waals surface area contributed by atoms with Crippen LogP contribution >= 0.6 is 34.8 Å². The highest BCUT2D eigenvalue weighted by Crippen LogP contribution is 2.38. The predicted molar refractivity (Wildman–Crippen MR) is 108 cm³/mol. The minimum Gasteiger partial charge on any atom is -0.493 e. The Morgan fingerprint density at radius 3 is 2.43 bits per heavy atom. The smallest absolute Gasteiger partial charge is 0.328 e. The maximum absolute atomic E-state index is 12.0. The highest BCUT2D eigenvalue weighted by molar-refractivity contribution is 6.42. The first kappa shape index (κ1) is 20.3. The van der Waals surface area contributed by atoms with Crippen molar-refractivity contribution in [1.29, 1.82) is 0 Å². The fourth-order valence-electron chi connectivity index (χ4n) is 2.54. The van der Waals surface area contributed by atoms with Crippen LogP contribution in [-0.4, -0.2) is 31.0 Å². The lowest BCUT2D eigenvalue weighted by Crippen LogP contribution is -2.25. The Morgan fingerprint density at radius 1 is 1.07 bits per heavy atom. The molecule has 1 aliphatic heterocycles. The molecule has 0 unspecified atom stereocenters. The topological polar surface area (TPSA) is 67.9 Å². The zero-order valence-corrected chi connectivity index (χ0v) is 17.2. The number of hydrogen-bond acceptors (Lipinski definition) is 4. The van der Waals surface area contributed by atoms with E-state index in [1.54, 1.807) is 30.3 Å². The number of carbonyl (C=O) groups is 2. The van der Waals surface area contributed by atoms with Crippen molar-refractivity contribution in [3.05, 3.63) is 62.2 Å². The summed E-state index contributed by atoms with van der Waals surface area (Å²) in [6, 6.07) is 7.95. The van der Waals surface area contributed by atoms with Gasteiger partial charge < -0.3 is 14.8 Å². The quantitative estimate of drug-likeness (QED) is 0.537. The third kappa shape index (κ3) is 4.19. The van der Waals surface area contributed by atoms with Crippen molar-refractivity contribution in [1.82, 2.24) is 10.2 Å². The lowest BCUT2D eigenvalue weighted by Gasteiger charge is -2.14. The number of carbonyl (C=O) groups excluding carboxylic acids is 2. The summed E-state index contributed by atoms with van der Waals surface area (Å²) >= 11 is 18.3. The summed E-state index contributed by atoms with van der Waals surface area (Å²) in [5.41, 5.74) is 1.53. The number of methoxy groups -OCH3 is 1. The molecule has 0 aliphatic carbocycles. The second-order valence-corrected chi connectivity index (χ2v) is 7.15.